The number of nitrogens with zero attached hydrogens (tertiary/aromatic N) is 1. The third-order valence-corrected chi connectivity index (χ3v) is 6.18. The van der Waals surface area contributed by atoms with Crippen LogP contribution < -0.4 is 10.3 Å². The summed E-state index contributed by atoms with van der Waals surface area (Å²) in [4.78, 5) is 19.2. The second-order valence-electron chi connectivity index (χ2n) is 7.93. The van der Waals surface area contributed by atoms with Crippen LogP contribution in [0.1, 0.15) is 48.5 Å². The van der Waals surface area contributed by atoms with Gasteiger partial charge in [0.25, 0.3) is 5.56 Å². The summed E-state index contributed by atoms with van der Waals surface area (Å²) in [7, 11) is 1.08. The molecule has 32 heavy (non-hydrogen) atoms. The molecule has 0 spiro atoms. The van der Waals surface area contributed by atoms with Crippen molar-refractivity contribution in [1.29, 1.82) is 0 Å². The van der Waals surface area contributed by atoms with Gasteiger partial charge in [-0.15, -0.1) is 0 Å². The molecule has 11 heteroatoms. The fraction of sp³-hybridized carbons (Fsp3) is 0.524. The van der Waals surface area contributed by atoms with E-state index in [1.54, 1.807) is 0 Å². The molecular formula is C21H23F5N2O4. The molecule has 2 heterocycles. The molecule has 0 bridgehead atoms. The Balaban J connectivity index is 2.24. The van der Waals surface area contributed by atoms with Gasteiger partial charge in [-0.2, -0.15) is 17.6 Å². The van der Waals surface area contributed by atoms with Crippen LogP contribution in [-0.4, -0.2) is 40.6 Å². The highest BCUT2D eigenvalue weighted by atomic mass is 19.4. The number of H-pyrrole nitrogens is 1. The second-order valence-corrected chi connectivity index (χ2v) is 7.93. The van der Waals surface area contributed by atoms with E-state index in [1.165, 1.54) is 13.8 Å². The minimum Gasteiger partial charge on any atom is -0.493 e. The fourth-order valence-corrected chi connectivity index (χ4v) is 4.22. The third-order valence-electron chi connectivity index (χ3n) is 6.18. The van der Waals surface area contributed by atoms with Crippen LogP contribution >= 0.6 is 0 Å². The molecule has 2 aromatic rings. The predicted octanol–water partition coefficient (Wildman–Crippen LogP) is 3.71. The van der Waals surface area contributed by atoms with Gasteiger partial charge in [-0.05, 0) is 19.9 Å². The lowest BCUT2D eigenvalue weighted by atomic mass is 9.77. The molecule has 0 saturated carbocycles. The maximum atomic E-state index is 14.4. The number of methoxy groups -OCH3 is 1. The van der Waals surface area contributed by atoms with Crippen molar-refractivity contribution in [3.8, 4) is 5.75 Å². The lowest BCUT2D eigenvalue weighted by Gasteiger charge is -2.32. The van der Waals surface area contributed by atoms with Gasteiger partial charge in [-0.25, -0.2) is 9.37 Å². The number of benzene rings is 1. The number of aromatic nitrogens is 2. The largest absolute Gasteiger partial charge is 0.493 e. The number of halogens is 5. The van der Waals surface area contributed by atoms with Crippen LogP contribution in [0.2, 0.25) is 0 Å². The van der Waals surface area contributed by atoms with E-state index in [4.69, 9.17) is 14.6 Å². The first-order chi connectivity index (χ1) is 14.9. The maximum absolute atomic E-state index is 14.4. The number of ether oxygens (including phenoxy) is 2. The second kappa shape index (κ2) is 8.43. The zero-order valence-corrected chi connectivity index (χ0v) is 17.8. The van der Waals surface area contributed by atoms with Crippen molar-refractivity contribution in [2.24, 2.45) is 5.92 Å². The molecule has 1 saturated heterocycles. The first-order valence-corrected chi connectivity index (χ1v) is 9.84. The normalized spacial score (nSPS) is 25.9. The SMILES string of the molecule is COc1c([C@H]2[C@H](c3nc(C)c(CCO)c(=O)[nH]3)O[C@@](C)(C(F)(F)F)[C@H]2C)ccc(F)c1F. The minimum absolute atomic E-state index is 0.0110. The number of rotatable bonds is 5. The van der Waals surface area contributed by atoms with E-state index >= 15 is 0 Å². The van der Waals surface area contributed by atoms with E-state index in [0.29, 0.717) is 0 Å². The number of nitrogens with one attached hydrogen (secondary N) is 1. The smallest absolute Gasteiger partial charge is 0.417 e. The van der Waals surface area contributed by atoms with Crippen LogP contribution in [0.5, 0.6) is 5.75 Å². The lowest BCUT2D eigenvalue weighted by molar-refractivity contribution is -0.275. The summed E-state index contributed by atoms with van der Waals surface area (Å²) in [5.41, 5.74) is -2.95. The topological polar surface area (TPSA) is 84.4 Å². The number of aliphatic hydroxyl groups is 1. The van der Waals surface area contributed by atoms with E-state index in [-0.39, 0.29) is 35.7 Å². The fourth-order valence-electron chi connectivity index (χ4n) is 4.22. The highest BCUT2D eigenvalue weighted by Crippen LogP contribution is 2.59. The zero-order valence-electron chi connectivity index (χ0n) is 17.8. The number of alkyl halides is 3. The molecule has 0 unspecified atom stereocenters. The maximum Gasteiger partial charge on any atom is 0.417 e. The van der Waals surface area contributed by atoms with E-state index in [0.717, 1.165) is 26.2 Å². The van der Waals surface area contributed by atoms with Crippen molar-refractivity contribution in [3.05, 3.63) is 56.8 Å². The van der Waals surface area contributed by atoms with Crippen molar-refractivity contribution in [2.75, 3.05) is 13.7 Å². The first kappa shape index (κ1) is 24.1. The summed E-state index contributed by atoms with van der Waals surface area (Å²) in [6.45, 7) is 3.31. The van der Waals surface area contributed by atoms with Gasteiger partial charge in [-0.1, -0.05) is 13.0 Å². The van der Waals surface area contributed by atoms with Crippen LogP contribution in [0.3, 0.4) is 0 Å². The molecule has 2 N–H and O–H groups in total. The molecule has 1 aliphatic heterocycles. The molecular weight excluding hydrogens is 439 g/mol. The van der Waals surface area contributed by atoms with Crippen LogP contribution in [0.15, 0.2) is 16.9 Å². The van der Waals surface area contributed by atoms with Gasteiger partial charge in [0.05, 0.1) is 7.11 Å². The Kier molecular flexibility index (Phi) is 6.36. The Labute approximate surface area is 180 Å². The number of aromatic amines is 1. The Morgan fingerprint density at radius 1 is 1.31 bits per heavy atom. The van der Waals surface area contributed by atoms with Crippen LogP contribution in [0, 0.1) is 24.5 Å². The molecule has 176 valence electrons. The predicted molar refractivity (Wildman–Crippen MR) is 103 cm³/mol. The van der Waals surface area contributed by atoms with Gasteiger partial charge >= 0.3 is 6.18 Å². The highest BCUT2D eigenvalue weighted by molar-refractivity contribution is 5.41. The van der Waals surface area contributed by atoms with Crippen LogP contribution in [-0.2, 0) is 11.2 Å². The van der Waals surface area contributed by atoms with Gasteiger partial charge in [0.15, 0.2) is 17.2 Å². The average molecular weight is 462 g/mol. The Morgan fingerprint density at radius 2 is 1.97 bits per heavy atom. The van der Waals surface area contributed by atoms with Gasteiger partial charge in [0.2, 0.25) is 5.82 Å². The number of aryl methyl sites for hydroxylation is 1. The molecule has 1 aliphatic rings. The zero-order chi connectivity index (χ0) is 24.0. The van der Waals surface area contributed by atoms with Gasteiger partial charge in [-0.3, -0.25) is 4.79 Å². The van der Waals surface area contributed by atoms with E-state index in [2.05, 4.69) is 9.97 Å². The monoisotopic (exact) mass is 462 g/mol. The molecule has 3 rings (SSSR count). The van der Waals surface area contributed by atoms with Crippen molar-refractivity contribution < 1.29 is 36.5 Å². The van der Waals surface area contributed by atoms with E-state index in [9.17, 15) is 26.7 Å². The first-order valence-electron chi connectivity index (χ1n) is 9.84. The molecule has 1 aromatic heterocycles. The van der Waals surface area contributed by atoms with E-state index < -0.39 is 52.7 Å². The average Bonchev–Trinajstić information content (AvgIpc) is 2.99. The Bertz CT molecular complexity index is 1070. The highest BCUT2D eigenvalue weighted by Gasteiger charge is 2.65. The van der Waals surface area contributed by atoms with Crippen molar-refractivity contribution >= 4 is 0 Å². The van der Waals surface area contributed by atoms with Crippen molar-refractivity contribution in [2.45, 2.75) is 51.0 Å². The van der Waals surface area contributed by atoms with Crippen LogP contribution in [0.25, 0.3) is 0 Å². The third kappa shape index (κ3) is 3.77. The summed E-state index contributed by atoms with van der Waals surface area (Å²) in [5, 5.41) is 9.13. The molecule has 0 amide bonds. The molecule has 1 aromatic carbocycles. The Hall–Kier alpha value is -2.53. The summed E-state index contributed by atoms with van der Waals surface area (Å²) < 4.78 is 80.7. The summed E-state index contributed by atoms with van der Waals surface area (Å²) in [5.74, 6) is -5.76. The Morgan fingerprint density at radius 3 is 2.50 bits per heavy atom. The van der Waals surface area contributed by atoms with Crippen LogP contribution in [0.4, 0.5) is 22.0 Å². The van der Waals surface area contributed by atoms with Gasteiger partial charge in [0, 0.05) is 41.7 Å². The molecule has 6 nitrogen and oxygen atoms in total. The summed E-state index contributed by atoms with van der Waals surface area (Å²) in [6, 6.07) is 1.94. The van der Waals surface area contributed by atoms with Crippen molar-refractivity contribution in [1.82, 2.24) is 9.97 Å². The number of hydrogen-bond acceptors (Lipinski definition) is 5. The quantitative estimate of drug-likeness (QED) is 0.662. The van der Waals surface area contributed by atoms with E-state index in [1.807, 2.05) is 0 Å². The molecule has 1 fully saturated rings. The number of hydrogen-bond donors (Lipinski definition) is 2. The molecule has 4 atom stereocenters. The van der Waals surface area contributed by atoms with Gasteiger partial charge in [0.1, 0.15) is 11.9 Å². The summed E-state index contributed by atoms with van der Waals surface area (Å²) in [6.07, 6.45) is -6.24. The lowest BCUT2D eigenvalue weighted by Crippen LogP contribution is -2.46. The number of aliphatic hydroxyl groups excluding tert-OH is 1. The minimum atomic E-state index is -4.81. The summed E-state index contributed by atoms with van der Waals surface area (Å²) >= 11 is 0. The molecule has 0 radical (unpaired) electrons. The molecule has 0 aliphatic carbocycles. The van der Waals surface area contributed by atoms with Gasteiger partial charge < -0.3 is 19.6 Å². The standard InChI is InChI=1S/C21H23F5N2O4/c1-9-14(12-5-6-13(22)15(23)16(12)31-4)17(32-20(9,3)21(24,25)26)18-27-10(2)11(7-8-29)19(30)28-18/h5-6,9,14,17,29H,7-8H2,1-4H3,(H,27,28,30)/t9-,14-,17+,20+/m0/s1. The van der Waals surface area contributed by atoms with Crippen molar-refractivity contribution in [3.63, 3.8) is 0 Å².